The number of benzene rings is 1. The van der Waals surface area contributed by atoms with Crippen LogP contribution in [0.25, 0.3) is 11.6 Å². The van der Waals surface area contributed by atoms with Crippen molar-refractivity contribution in [3.63, 3.8) is 0 Å². The molecule has 1 aliphatic rings. The van der Waals surface area contributed by atoms with Gasteiger partial charge < -0.3 is 14.2 Å². The molecule has 27 heavy (non-hydrogen) atoms. The molecule has 0 radical (unpaired) electrons. The quantitative estimate of drug-likeness (QED) is 0.707. The van der Waals surface area contributed by atoms with Crippen LogP contribution >= 0.6 is 0 Å². The third kappa shape index (κ3) is 3.67. The highest BCUT2D eigenvalue weighted by molar-refractivity contribution is 5.94. The van der Waals surface area contributed by atoms with Crippen LogP contribution in [-0.4, -0.2) is 46.1 Å². The van der Waals surface area contributed by atoms with Gasteiger partial charge in [0.05, 0.1) is 7.11 Å². The average molecular weight is 364 g/mol. The van der Waals surface area contributed by atoms with Gasteiger partial charge in [0.1, 0.15) is 11.4 Å². The molecule has 1 amide bonds. The minimum Gasteiger partial charge on any atom is -0.497 e. The van der Waals surface area contributed by atoms with Crippen LogP contribution in [-0.2, 0) is 0 Å². The highest BCUT2D eigenvalue weighted by Gasteiger charge is 2.28. The van der Waals surface area contributed by atoms with Crippen molar-refractivity contribution in [2.45, 2.75) is 18.8 Å². The van der Waals surface area contributed by atoms with Gasteiger partial charge in [-0.2, -0.15) is 4.98 Å². The first-order chi connectivity index (χ1) is 13.2. The first kappa shape index (κ1) is 17.2. The second-order valence-corrected chi connectivity index (χ2v) is 6.47. The number of hydrogen-bond donors (Lipinski definition) is 0. The van der Waals surface area contributed by atoms with E-state index in [9.17, 15) is 4.79 Å². The van der Waals surface area contributed by atoms with Gasteiger partial charge in [0.25, 0.3) is 11.8 Å². The standard InChI is InChI=1S/C20H20N4O3/c1-26-16-6-4-5-15(13-16)20(25)24-11-8-14(9-12-24)18-22-19(27-23-18)17-7-2-3-10-21-17/h2-7,10,13-14H,8-9,11-12H2,1H3. The molecule has 3 heterocycles. The number of amides is 1. The summed E-state index contributed by atoms with van der Waals surface area (Å²) in [6.45, 7) is 1.32. The third-order valence-corrected chi connectivity index (χ3v) is 4.79. The van der Waals surface area contributed by atoms with Crippen molar-refractivity contribution in [1.82, 2.24) is 20.0 Å². The van der Waals surface area contributed by atoms with E-state index in [2.05, 4.69) is 15.1 Å². The van der Waals surface area contributed by atoms with Gasteiger partial charge in [-0.25, -0.2) is 0 Å². The number of methoxy groups -OCH3 is 1. The summed E-state index contributed by atoms with van der Waals surface area (Å²) < 4.78 is 10.6. The monoisotopic (exact) mass is 364 g/mol. The molecule has 0 aliphatic carbocycles. The Hall–Kier alpha value is -3.22. The van der Waals surface area contributed by atoms with Crippen LogP contribution < -0.4 is 4.74 Å². The predicted molar refractivity (Wildman–Crippen MR) is 98.4 cm³/mol. The lowest BCUT2D eigenvalue weighted by atomic mass is 9.95. The molecule has 138 valence electrons. The molecule has 1 aliphatic heterocycles. The number of nitrogens with zero attached hydrogens (tertiary/aromatic N) is 4. The first-order valence-electron chi connectivity index (χ1n) is 8.93. The van der Waals surface area contributed by atoms with Crippen LogP contribution in [0.15, 0.2) is 53.2 Å². The summed E-state index contributed by atoms with van der Waals surface area (Å²) in [4.78, 5) is 23.3. The molecular weight excluding hydrogens is 344 g/mol. The van der Waals surface area contributed by atoms with Gasteiger partial charge in [0.15, 0.2) is 5.82 Å². The minimum atomic E-state index is 0.0228. The smallest absolute Gasteiger partial charge is 0.276 e. The molecule has 1 aromatic carbocycles. The molecule has 0 N–H and O–H groups in total. The van der Waals surface area contributed by atoms with Crippen LogP contribution in [0.1, 0.15) is 34.9 Å². The maximum atomic E-state index is 12.7. The highest BCUT2D eigenvalue weighted by Crippen LogP contribution is 2.28. The zero-order valence-corrected chi connectivity index (χ0v) is 15.0. The fourth-order valence-corrected chi connectivity index (χ4v) is 3.27. The zero-order chi connectivity index (χ0) is 18.6. The van der Waals surface area contributed by atoms with Gasteiger partial charge in [0.2, 0.25) is 0 Å². The van der Waals surface area contributed by atoms with Crippen molar-refractivity contribution < 1.29 is 14.1 Å². The molecule has 4 rings (SSSR count). The summed E-state index contributed by atoms with van der Waals surface area (Å²) in [5, 5.41) is 4.12. The van der Waals surface area contributed by atoms with E-state index in [4.69, 9.17) is 9.26 Å². The number of rotatable bonds is 4. The summed E-state index contributed by atoms with van der Waals surface area (Å²) in [5.74, 6) is 2.00. The molecule has 0 atom stereocenters. The zero-order valence-electron chi connectivity index (χ0n) is 15.0. The fraction of sp³-hybridized carbons (Fsp3) is 0.300. The molecule has 3 aromatic rings. The summed E-state index contributed by atoms with van der Waals surface area (Å²) >= 11 is 0. The Morgan fingerprint density at radius 1 is 1.19 bits per heavy atom. The number of hydrogen-bond acceptors (Lipinski definition) is 6. The van der Waals surface area contributed by atoms with E-state index >= 15 is 0 Å². The Labute approximate surface area is 157 Å². The second kappa shape index (κ2) is 7.57. The van der Waals surface area contributed by atoms with E-state index in [1.165, 1.54) is 0 Å². The Morgan fingerprint density at radius 3 is 2.78 bits per heavy atom. The molecular formula is C20H20N4O3. The lowest BCUT2D eigenvalue weighted by Crippen LogP contribution is -2.38. The maximum Gasteiger partial charge on any atom is 0.276 e. The largest absolute Gasteiger partial charge is 0.497 e. The Bertz CT molecular complexity index is 918. The molecule has 2 aromatic heterocycles. The lowest BCUT2D eigenvalue weighted by molar-refractivity contribution is 0.0710. The minimum absolute atomic E-state index is 0.0228. The summed E-state index contributed by atoms with van der Waals surface area (Å²) in [7, 11) is 1.60. The SMILES string of the molecule is COc1cccc(C(=O)N2CCC(c3noc(-c4ccccn4)n3)CC2)c1. The van der Waals surface area contributed by atoms with Crippen molar-refractivity contribution in [3.05, 3.63) is 60.0 Å². The fourth-order valence-electron chi connectivity index (χ4n) is 3.27. The number of pyridine rings is 1. The summed E-state index contributed by atoms with van der Waals surface area (Å²) in [6, 6.07) is 12.8. The van der Waals surface area contributed by atoms with Crippen LogP contribution in [0.5, 0.6) is 5.75 Å². The van der Waals surface area contributed by atoms with Crippen LogP contribution in [0.2, 0.25) is 0 Å². The molecule has 0 saturated carbocycles. The molecule has 0 spiro atoms. The molecule has 1 saturated heterocycles. The number of likely N-dealkylation sites (tertiary alicyclic amines) is 1. The van der Waals surface area contributed by atoms with Crippen molar-refractivity contribution in [2.75, 3.05) is 20.2 Å². The van der Waals surface area contributed by atoms with Gasteiger partial charge in [-0.3, -0.25) is 9.78 Å². The highest BCUT2D eigenvalue weighted by atomic mass is 16.5. The Kier molecular flexibility index (Phi) is 4.82. The normalized spacial score (nSPS) is 14.9. The predicted octanol–water partition coefficient (Wildman–Crippen LogP) is 3.16. The molecule has 7 nitrogen and oxygen atoms in total. The van der Waals surface area contributed by atoms with Gasteiger partial charge >= 0.3 is 0 Å². The van der Waals surface area contributed by atoms with Crippen molar-refractivity contribution in [2.24, 2.45) is 0 Å². The van der Waals surface area contributed by atoms with Gasteiger partial charge in [-0.05, 0) is 43.2 Å². The molecule has 7 heteroatoms. The summed E-state index contributed by atoms with van der Waals surface area (Å²) in [6.07, 6.45) is 3.30. The number of aromatic nitrogens is 3. The van der Waals surface area contributed by atoms with Gasteiger partial charge in [-0.15, -0.1) is 0 Å². The van der Waals surface area contributed by atoms with Gasteiger partial charge in [0, 0.05) is 30.8 Å². The summed E-state index contributed by atoms with van der Waals surface area (Å²) in [5.41, 5.74) is 1.31. The van der Waals surface area contributed by atoms with Crippen LogP contribution in [0.3, 0.4) is 0 Å². The van der Waals surface area contributed by atoms with E-state index < -0.39 is 0 Å². The lowest BCUT2D eigenvalue weighted by Gasteiger charge is -2.30. The Morgan fingerprint density at radius 2 is 2.04 bits per heavy atom. The average Bonchev–Trinajstić information content (AvgIpc) is 3.24. The second-order valence-electron chi connectivity index (χ2n) is 6.47. The van der Waals surface area contributed by atoms with Crippen LogP contribution in [0, 0.1) is 0 Å². The maximum absolute atomic E-state index is 12.7. The molecule has 0 bridgehead atoms. The van der Waals surface area contributed by atoms with E-state index in [0.717, 1.165) is 12.8 Å². The van der Waals surface area contributed by atoms with Crippen molar-refractivity contribution >= 4 is 5.91 Å². The number of ether oxygens (including phenoxy) is 1. The first-order valence-corrected chi connectivity index (χ1v) is 8.93. The number of piperidine rings is 1. The molecule has 0 unspecified atom stereocenters. The van der Waals surface area contributed by atoms with E-state index in [1.54, 1.807) is 19.4 Å². The van der Waals surface area contributed by atoms with Crippen LogP contribution in [0.4, 0.5) is 0 Å². The topological polar surface area (TPSA) is 81.4 Å². The number of carbonyl (C=O) groups excluding carboxylic acids is 1. The van der Waals surface area contributed by atoms with Crippen molar-refractivity contribution in [1.29, 1.82) is 0 Å². The van der Waals surface area contributed by atoms with E-state index in [0.29, 0.717) is 41.8 Å². The van der Waals surface area contributed by atoms with Crippen molar-refractivity contribution in [3.8, 4) is 17.3 Å². The van der Waals surface area contributed by atoms with E-state index in [1.807, 2.05) is 41.3 Å². The number of carbonyl (C=O) groups is 1. The van der Waals surface area contributed by atoms with E-state index in [-0.39, 0.29) is 11.8 Å². The van der Waals surface area contributed by atoms with Gasteiger partial charge in [-0.1, -0.05) is 17.3 Å². The third-order valence-electron chi connectivity index (χ3n) is 4.79. The Balaban J connectivity index is 1.40. The molecule has 1 fully saturated rings.